The molecule has 96 valence electrons. The summed E-state index contributed by atoms with van der Waals surface area (Å²) in [6, 6.07) is 0. The second kappa shape index (κ2) is 10.7. The Labute approximate surface area is 101 Å². The molecule has 0 unspecified atom stereocenters. The van der Waals surface area contributed by atoms with Crippen molar-refractivity contribution in [2.75, 3.05) is 19.8 Å². The Morgan fingerprint density at radius 2 is 1.65 bits per heavy atom. The average Bonchev–Trinajstić information content (AvgIpc) is 2.31. The van der Waals surface area contributed by atoms with Crippen LogP contribution in [0, 0.1) is 0 Å². The van der Waals surface area contributed by atoms with Crippen LogP contribution >= 0.6 is 0 Å². The van der Waals surface area contributed by atoms with Gasteiger partial charge >= 0.3 is 11.9 Å². The van der Waals surface area contributed by atoms with Gasteiger partial charge in [-0.2, -0.15) is 0 Å². The van der Waals surface area contributed by atoms with Crippen molar-refractivity contribution >= 4 is 11.9 Å². The molecule has 0 aliphatic carbocycles. The summed E-state index contributed by atoms with van der Waals surface area (Å²) in [7, 11) is 0. The molecule has 0 saturated carbocycles. The molecule has 0 amide bonds. The fourth-order valence-electron chi connectivity index (χ4n) is 0.918. The topological polar surface area (TPSA) is 61.8 Å². The normalized spacial score (nSPS) is 9.94. The first-order valence-corrected chi connectivity index (χ1v) is 5.44. The minimum atomic E-state index is -0.553. The molecule has 0 fully saturated rings. The van der Waals surface area contributed by atoms with Crippen molar-refractivity contribution in [1.29, 1.82) is 0 Å². The van der Waals surface area contributed by atoms with E-state index in [1.54, 1.807) is 6.92 Å². The van der Waals surface area contributed by atoms with Gasteiger partial charge in [0.05, 0.1) is 26.1 Å². The number of hydrogen-bond acceptors (Lipinski definition) is 5. The fourth-order valence-corrected chi connectivity index (χ4v) is 0.918. The molecule has 0 aliphatic rings. The Morgan fingerprint density at radius 1 is 1.06 bits per heavy atom. The zero-order valence-corrected chi connectivity index (χ0v) is 10.0. The Balaban J connectivity index is 3.52. The summed E-state index contributed by atoms with van der Waals surface area (Å²) >= 11 is 0. The Morgan fingerprint density at radius 3 is 2.24 bits per heavy atom. The summed E-state index contributed by atoms with van der Waals surface area (Å²) in [6.07, 6.45) is 4.95. The van der Waals surface area contributed by atoms with Crippen molar-refractivity contribution in [3.05, 3.63) is 25.0 Å². The van der Waals surface area contributed by atoms with Gasteiger partial charge < -0.3 is 14.2 Å². The number of carbonyl (C=O) groups is 2. The summed E-state index contributed by atoms with van der Waals surface area (Å²) in [4.78, 5) is 21.9. The predicted molar refractivity (Wildman–Crippen MR) is 62.1 cm³/mol. The van der Waals surface area contributed by atoms with Crippen molar-refractivity contribution < 1.29 is 23.8 Å². The van der Waals surface area contributed by atoms with E-state index in [9.17, 15) is 9.59 Å². The third-order valence-corrected chi connectivity index (χ3v) is 1.66. The number of esters is 2. The predicted octanol–water partition coefficient (Wildman–Crippen LogP) is 1.59. The molecule has 0 heterocycles. The highest BCUT2D eigenvalue weighted by atomic mass is 16.5. The molecule has 0 aromatic heterocycles. The van der Waals surface area contributed by atoms with E-state index in [0.29, 0.717) is 19.6 Å². The Bertz CT molecular complexity index is 270. The van der Waals surface area contributed by atoms with Crippen LogP contribution in [0.25, 0.3) is 0 Å². The average molecular weight is 242 g/mol. The van der Waals surface area contributed by atoms with E-state index in [-0.39, 0.29) is 6.61 Å². The minimum absolute atomic E-state index is 0.279. The third-order valence-electron chi connectivity index (χ3n) is 1.66. The lowest BCUT2D eigenvalue weighted by Crippen LogP contribution is -2.05. The molecule has 0 radical (unpaired) electrons. The summed E-state index contributed by atoms with van der Waals surface area (Å²) in [6.45, 7) is 6.22. The Hall–Kier alpha value is -1.78. The van der Waals surface area contributed by atoms with Gasteiger partial charge in [-0.3, -0.25) is 0 Å². The smallest absolute Gasteiger partial charge is 0.331 e. The fraction of sp³-hybridized carbons (Fsp3) is 0.500. The van der Waals surface area contributed by atoms with Gasteiger partial charge in [-0.25, -0.2) is 9.59 Å². The molecular formula is C12H18O5. The molecule has 0 spiro atoms. The van der Waals surface area contributed by atoms with Crippen LogP contribution in [-0.4, -0.2) is 31.8 Å². The first kappa shape index (κ1) is 15.2. The molecule has 0 N–H and O–H groups in total. The first-order chi connectivity index (χ1) is 8.20. The molecule has 0 aromatic rings. The Kier molecular flexibility index (Phi) is 9.61. The van der Waals surface area contributed by atoms with Gasteiger partial charge in [-0.05, 0) is 19.8 Å². The van der Waals surface area contributed by atoms with Gasteiger partial charge in [0.15, 0.2) is 0 Å². The van der Waals surface area contributed by atoms with Crippen molar-refractivity contribution in [3.8, 4) is 0 Å². The van der Waals surface area contributed by atoms with Crippen LogP contribution in [0.2, 0.25) is 0 Å². The highest BCUT2D eigenvalue weighted by Gasteiger charge is 1.99. The van der Waals surface area contributed by atoms with Crippen LogP contribution in [0.15, 0.2) is 25.0 Å². The molecule has 0 atom stereocenters. The van der Waals surface area contributed by atoms with Gasteiger partial charge in [0, 0.05) is 12.2 Å². The second-order valence-corrected chi connectivity index (χ2v) is 3.00. The van der Waals surface area contributed by atoms with Crippen LogP contribution in [0.5, 0.6) is 0 Å². The van der Waals surface area contributed by atoms with Gasteiger partial charge in [0.25, 0.3) is 0 Å². The van der Waals surface area contributed by atoms with Crippen molar-refractivity contribution in [2.45, 2.75) is 19.8 Å². The first-order valence-electron chi connectivity index (χ1n) is 5.44. The van der Waals surface area contributed by atoms with Gasteiger partial charge in [0.1, 0.15) is 0 Å². The summed E-state index contributed by atoms with van der Waals surface area (Å²) in [5, 5.41) is 0. The van der Waals surface area contributed by atoms with Gasteiger partial charge in [0.2, 0.25) is 0 Å². The van der Waals surface area contributed by atoms with Gasteiger partial charge in [-0.15, -0.1) is 0 Å². The molecule has 0 saturated heterocycles. The summed E-state index contributed by atoms with van der Waals surface area (Å²) in [5.41, 5.74) is 0. The summed E-state index contributed by atoms with van der Waals surface area (Å²) in [5.74, 6) is -1.11. The van der Waals surface area contributed by atoms with E-state index in [0.717, 1.165) is 18.6 Å². The summed E-state index contributed by atoms with van der Waals surface area (Å²) < 4.78 is 14.3. The molecule has 5 heteroatoms. The number of ether oxygens (including phenoxy) is 3. The van der Waals surface area contributed by atoms with E-state index in [2.05, 4.69) is 11.3 Å². The maximum Gasteiger partial charge on any atom is 0.331 e. The molecule has 0 rings (SSSR count). The largest absolute Gasteiger partial charge is 0.502 e. The zero-order chi connectivity index (χ0) is 12.9. The van der Waals surface area contributed by atoms with Gasteiger partial charge in [-0.1, -0.05) is 6.58 Å². The van der Waals surface area contributed by atoms with Crippen LogP contribution < -0.4 is 0 Å². The van der Waals surface area contributed by atoms with E-state index >= 15 is 0 Å². The van der Waals surface area contributed by atoms with Crippen LogP contribution in [0.4, 0.5) is 0 Å². The number of unbranched alkanes of at least 4 members (excludes halogenated alkanes) is 1. The van der Waals surface area contributed by atoms with E-state index in [1.165, 1.54) is 6.26 Å². The third kappa shape index (κ3) is 10.5. The van der Waals surface area contributed by atoms with Crippen molar-refractivity contribution in [2.24, 2.45) is 0 Å². The quantitative estimate of drug-likeness (QED) is 0.266. The molecule has 0 aromatic carbocycles. The van der Waals surface area contributed by atoms with E-state index in [4.69, 9.17) is 9.47 Å². The monoisotopic (exact) mass is 242 g/mol. The molecule has 17 heavy (non-hydrogen) atoms. The number of rotatable bonds is 9. The van der Waals surface area contributed by atoms with Crippen LogP contribution in [0.1, 0.15) is 19.8 Å². The van der Waals surface area contributed by atoms with Crippen molar-refractivity contribution in [3.63, 3.8) is 0 Å². The lowest BCUT2D eigenvalue weighted by Gasteiger charge is -2.02. The van der Waals surface area contributed by atoms with E-state index < -0.39 is 11.9 Å². The molecular weight excluding hydrogens is 224 g/mol. The zero-order valence-electron chi connectivity index (χ0n) is 10.0. The van der Waals surface area contributed by atoms with Crippen LogP contribution in [0.3, 0.4) is 0 Å². The van der Waals surface area contributed by atoms with E-state index in [1.807, 2.05) is 0 Å². The highest BCUT2D eigenvalue weighted by Crippen LogP contribution is 1.93. The minimum Gasteiger partial charge on any atom is -0.502 e. The molecule has 0 aliphatic heterocycles. The number of carbonyl (C=O) groups excluding carboxylic acids is 2. The molecule has 5 nitrogen and oxygen atoms in total. The number of hydrogen-bond donors (Lipinski definition) is 0. The standard InChI is InChI=1S/C12H18O5/c1-3-15-9-5-6-10-17-12(14)8-7-11(13)16-4-2/h3,7-8H,1,4-6,9-10H2,2H3/b8-7-. The lowest BCUT2D eigenvalue weighted by molar-refractivity contribution is -0.140. The van der Waals surface area contributed by atoms with Crippen LogP contribution in [-0.2, 0) is 23.8 Å². The maximum atomic E-state index is 11.1. The highest BCUT2D eigenvalue weighted by molar-refractivity contribution is 5.91. The SMILES string of the molecule is C=COCCCCOC(=O)/C=C\C(=O)OCC. The lowest BCUT2D eigenvalue weighted by atomic mass is 10.3. The van der Waals surface area contributed by atoms with Crippen molar-refractivity contribution in [1.82, 2.24) is 0 Å². The maximum absolute atomic E-state index is 11.1. The second-order valence-electron chi connectivity index (χ2n) is 3.00. The molecule has 0 bridgehead atoms.